The first kappa shape index (κ1) is 23.0. The smallest absolute Gasteiger partial charge is 0.335 e. The van der Waals surface area contributed by atoms with Crippen molar-refractivity contribution in [3.63, 3.8) is 0 Å². The van der Waals surface area contributed by atoms with Crippen LogP contribution in [0.4, 0.5) is 0 Å². The number of hydrogen-bond donors (Lipinski definition) is 3. The minimum absolute atomic E-state index is 0.101. The van der Waals surface area contributed by atoms with Crippen molar-refractivity contribution >= 4 is 21.0 Å². The fourth-order valence-corrected chi connectivity index (χ4v) is 5.36. The fraction of sp³-hybridized carbons (Fsp3) is 0.444. The third-order valence-electron chi connectivity index (χ3n) is 3.42. The molecular formula is C18H28O6P2. The number of rotatable bonds is 10. The summed E-state index contributed by atoms with van der Waals surface area (Å²) < 4.78 is 27.7. The van der Waals surface area contributed by atoms with Crippen molar-refractivity contribution in [3.8, 4) is 0 Å². The van der Waals surface area contributed by atoms with E-state index in [9.17, 15) is 14.0 Å². The van der Waals surface area contributed by atoms with Gasteiger partial charge in [-0.2, -0.15) is 0 Å². The van der Waals surface area contributed by atoms with Crippen molar-refractivity contribution < 1.29 is 28.5 Å². The molecule has 0 saturated heterocycles. The molecule has 0 saturated carbocycles. The van der Waals surface area contributed by atoms with Crippen LogP contribution in [-0.2, 0) is 20.5 Å². The predicted molar refractivity (Wildman–Crippen MR) is 105 cm³/mol. The van der Waals surface area contributed by atoms with E-state index >= 15 is 0 Å². The second kappa shape index (κ2) is 10.4. The molecule has 0 aliphatic rings. The van der Waals surface area contributed by atoms with E-state index in [0.29, 0.717) is 0 Å². The van der Waals surface area contributed by atoms with E-state index in [-0.39, 0.29) is 6.61 Å². The Labute approximate surface area is 155 Å². The Morgan fingerprint density at radius 1 is 1.15 bits per heavy atom. The molecule has 3 N–H and O–H groups in total. The lowest BCUT2D eigenvalue weighted by atomic mass is 10.1. The first-order valence-electron chi connectivity index (χ1n) is 8.29. The largest absolute Gasteiger partial charge is 0.367 e. The van der Waals surface area contributed by atoms with Crippen LogP contribution in [-0.4, -0.2) is 26.9 Å². The standard InChI is InChI=1S/C18H28O6P2/c1-15(2)6-4-7-16(3)10-17-8-5-9-18(11-17)12-24-13-25(19,20)14-26(21,22)23/h5-6,8-11H,4,7,12-14H2,1-3H3,(H,19,20)(H2,21,22,23). The Morgan fingerprint density at radius 3 is 2.46 bits per heavy atom. The van der Waals surface area contributed by atoms with Crippen molar-refractivity contribution in [2.45, 2.75) is 40.2 Å². The van der Waals surface area contributed by atoms with Gasteiger partial charge in [0.05, 0.1) is 6.61 Å². The van der Waals surface area contributed by atoms with Gasteiger partial charge in [0.2, 0.25) is 7.37 Å². The zero-order valence-electron chi connectivity index (χ0n) is 15.5. The molecule has 0 aliphatic heterocycles. The summed E-state index contributed by atoms with van der Waals surface area (Å²) >= 11 is 0. The van der Waals surface area contributed by atoms with Crippen LogP contribution in [0.5, 0.6) is 0 Å². The van der Waals surface area contributed by atoms with Gasteiger partial charge < -0.3 is 19.4 Å². The van der Waals surface area contributed by atoms with Gasteiger partial charge in [-0.3, -0.25) is 9.13 Å². The van der Waals surface area contributed by atoms with Gasteiger partial charge >= 0.3 is 7.60 Å². The maximum absolute atomic E-state index is 11.7. The van der Waals surface area contributed by atoms with Crippen molar-refractivity contribution in [2.75, 3.05) is 12.3 Å². The van der Waals surface area contributed by atoms with E-state index < -0.39 is 27.2 Å². The topological polar surface area (TPSA) is 104 Å². The quantitative estimate of drug-likeness (QED) is 0.387. The van der Waals surface area contributed by atoms with Crippen LogP contribution in [0.2, 0.25) is 0 Å². The van der Waals surface area contributed by atoms with Crippen LogP contribution in [0.1, 0.15) is 44.7 Å². The average molecular weight is 402 g/mol. The number of hydrogen-bond acceptors (Lipinski definition) is 3. The van der Waals surface area contributed by atoms with Crippen molar-refractivity contribution in [1.29, 1.82) is 0 Å². The first-order chi connectivity index (χ1) is 12.0. The predicted octanol–water partition coefficient (Wildman–Crippen LogP) is 4.72. The summed E-state index contributed by atoms with van der Waals surface area (Å²) in [5.74, 6) is -1.06. The molecule has 1 atom stereocenters. The molecule has 1 rings (SSSR count). The highest BCUT2D eigenvalue weighted by Gasteiger charge is 2.29. The molecule has 6 nitrogen and oxygen atoms in total. The molecule has 1 aromatic rings. The van der Waals surface area contributed by atoms with Crippen LogP contribution in [0, 0.1) is 0 Å². The van der Waals surface area contributed by atoms with Crippen LogP contribution < -0.4 is 0 Å². The molecule has 0 amide bonds. The summed E-state index contributed by atoms with van der Waals surface area (Å²) in [6, 6.07) is 7.61. The second-order valence-electron chi connectivity index (χ2n) is 6.69. The van der Waals surface area contributed by atoms with Crippen molar-refractivity contribution in [2.24, 2.45) is 0 Å². The van der Waals surface area contributed by atoms with E-state index in [1.54, 1.807) is 0 Å². The molecule has 0 aliphatic carbocycles. The molecule has 0 bridgehead atoms. The molecule has 0 aromatic heterocycles. The molecule has 26 heavy (non-hydrogen) atoms. The number of benzene rings is 1. The minimum atomic E-state index is -4.54. The Bertz CT molecular complexity index is 744. The lowest BCUT2D eigenvalue weighted by Crippen LogP contribution is -2.00. The second-order valence-corrected chi connectivity index (χ2v) is 11.1. The maximum Gasteiger partial charge on any atom is 0.335 e. The number of ether oxygens (including phenoxy) is 1. The van der Waals surface area contributed by atoms with Gasteiger partial charge in [0.25, 0.3) is 0 Å². The third kappa shape index (κ3) is 10.9. The number of allylic oxidation sites excluding steroid dienone is 3. The lowest BCUT2D eigenvalue weighted by molar-refractivity contribution is 0.155. The minimum Gasteiger partial charge on any atom is -0.367 e. The van der Waals surface area contributed by atoms with Gasteiger partial charge in [-0.05, 0) is 50.8 Å². The van der Waals surface area contributed by atoms with Crippen molar-refractivity contribution in [3.05, 3.63) is 52.6 Å². The monoisotopic (exact) mass is 402 g/mol. The van der Waals surface area contributed by atoms with E-state index in [1.165, 1.54) is 11.1 Å². The van der Waals surface area contributed by atoms with E-state index in [0.717, 1.165) is 24.0 Å². The maximum atomic E-state index is 11.7. The zero-order valence-corrected chi connectivity index (χ0v) is 17.2. The first-order valence-corrected chi connectivity index (χ1v) is 12.1. The molecule has 0 fully saturated rings. The molecule has 0 radical (unpaired) electrons. The van der Waals surface area contributed by atoms with Crippen LogP contribution in [0.3, 0.4) is 0 Å². The van der Waals surface area contributed by atoms with E-state index in [1.807, 2.05) is 24.3 Å². The molecule has 0 heterocycles. The van der Waals surface area contributed by atoms with Crippen LogP contribution >= 0.6 is 15.0 Å². The Morgan fingerprint density at radius 2 is 1.85 bits per heavy atom. The average Bonchev–Trinajstić information content (AvgIpc) is 2.44. The van der Waals surface area contributed by atoms with Crippen LogP contribution in [0.15, 0.2) is 41.5 Å². The Hall–Kier alpha value is -1.00. The van der Waals surface area contributed by atoms with Gasteiger partial charge in [-0.15, -0.1) is 0 Å². The molecular weight excluding hydrogens is 374 g/mol. The summed E-state index contributed by atoms with van der Waals surface area (Å²) in [4.78, 5) is 27.1. The van der Waals surface area contributed by atoms with Gasteiger partial charge in [-0.1, -0.05) is 41.5 Å². The highest BCUT2D eigenvalue weighted by Crippen LogP contribution is 2.54. The summed E-state index contributed by atoms with van der Waals surface area (Å²) in [6.45, 7) is 6.33. The molecule has 1 unspecified atom stereocenters. The molecule has 1 aromatic carbocycles. The summed E-state index contributed by atoms with van der Waals surface area (Å²) in [6.07, 6.45) is 5.68. The summed E-state index contributed by atoms with van der Waals surface area (Å²) in [7, 11) is -8.55. The molecule has 8 heteroatoms. The highest BCUT2D eigenvalue weighted by molar-refractivity contribution is 7.72. The highest BCUT2D eigenvalue weighted by atomic mass is 31.2. The van der Waals surface area contributed by atoms with Crippen LogP contribution in [0.25, 0.3) is 6.08 Å². The summed E-state index contributed by atoms with van der Waals surface area (Å²) in [5.41, 5.74) is 4.40. The lowest BCUT2D eigenvalue weighted by Gasteiger charge is -2.13. The molecule has 146 valence electrons. The SMILES string of the molecule is CC(C)=CCCC(C)=Cc1cccc(COCP(=O)(O)CP(=O)(O)O)c1. The Balaban J connectivity index is 2.60. The van der Waals surface area contributed by atoms with Gasteiger partial charge in [-0.25, -0.2) is 0 Å². The van der Waals surface area contributed by atoms with Gasteiger partial charge in [0, 0.05) is 0 Å². The third-order valence-corrected chi connectivity index (χ3v) is 7.25. The molecule has 0 spiro atoms. The van der Waals surface area contributed by atoms with E-state index in [2.05, 4.69) is 32.9 Å². The normalized spacial score (nSPS) is 14.8. The zero-order chi connectivity index (χ0) is 19.8. The fourth-order valence-electron chi connectivity index (χ4n) is 2.35. The van der Waals surface area contributed by atoms with Crippen molar-refractivity contribution in [1.82, 2.24) is 0 Å². The Kier molecular flexibility index (Phi) is 9.18. The van der Waals surface area contributed by atoms with Gasteiger partial charge in [0.1, 0.15) is 12.3 Å². The van der Waals surface area contributed by atoms with Gasteiger partial charge in [0.15, 0.2) is 0 Å². The van der Waals surface area contributed by atoms with E-state index in [4.69, 9.17) is 14.5 Å². The summed E-state index contributed by atoms with van der Waals surface area (Å²) in [5, 5.41) is 0.